The Balaban J connectivity index is 1.09. The third kappa shape index (κ3) is 6.25. The molecule has 52 heavy (non-hydrogen) atoms. The van der Waals surface area contributed by atoms with E-state index in [0.717, 1.165) is 5.03 Å². The average Bonchev–Trinajstić information content (AvgIpc) is 3.54. The van der Waals surface area contributed by atoms with Crippen molar-refractivity contribution in [1.29, 1.82) is 0 Å². The number of phenols is 2. The third-order valence-electron chi connectivity index (χ3n) is 10.5. The summed E-state index contributed by atoms with van der Waals surface area (Å²) < 4.78 is 30.3. The second-order valence-electron chi connectivity index (χ2n) is 13.4. The van der Waals surface area contributed by atoms with Crippen LogP contribution < -0.4 is 10.1 Å². The molecular formula is C37H39N3O10S2. The second-order valence-corrected chi connectivity index (χ2v) is 15.9. The number of rotatable bonds is 9. The number of aromatic hydroxyl groups is 2. The van der Waals surface area contributed by atoms with Crippen molar-refractivity contribution in [1.82, 2.24) is 15.2 Å². The number of hydrogen-bond donors (Lipinski definition) is 3. The number of morpholine rings is 1. The molecule has 3 fully saturated rings. The molecule has 2 aliphatic carbocycles. The number of amides is 1. The van der Waals surface area contributed by atoms with E-state index in [0.29, 0.717) is 38.5 Å². The fraction of sp³-hybridized carbons (Fsp3) is 0.459. The lowest BCUT2D eigenvalue weighted by molar-refractivity contribution is -0.243. The number of nitrogens with zero attached hydrogens (tertiary/aromatic N) is 2. The number of fused-ring (bicyclic) bond motifs is 6. The van der Waals surface area contributed by atoms with E-state index in [1.165, 1.54) is 24.0 Å². The summed E-state index contributed by atoms with van der Waals surface area (Å²) in [6, 6.07) is 10.3. The molecule has 0 unspecified atom stereocenters. The average molecular weight is 750 g/mol. The van der Waals surface area contributed by atoms with Crippen LogP contribution in [0.2, 0.25) is 0 Å². The van der Waals surface area contributed by atoms with Gasteiger partial charge in [-0.3, -0.25) is 19.3 Å². The van der Waals surface area contributed by atoms with Gasteiger partial charge in [0, 0.05) is 60.1 Å². The van der Waals surface area contributed by atoms with Crippen molar-refractivity contribution >= 4 is 39.1 Å². The maximum Gasteiger partial charge on any atom is 0.223 e. The Bertz CT molecular complexity index is 1900. The minimum Gasteiger partial charge on any atom is -0.507 e. The van der Waals surface area contributed by atoms with Crippen LogP contribution in [-0.4, -0.2) is 108 Å². The van der Waals surface area contributed by atoms with Gasteiger partial charge in [-0.25, -0.2) is 4.98 Å². The molecule has 274 valence electrons. The Kier molecular flexibility index (Phi) is 9.93. The first-order valence-electron chi connectivity index (χ1n) is 17.4. The highest BCUT2D eigenvalue weighted by atomic mass is 33.1. The molecule has 2 aromatic carbocycles. The molecule has 13 nitrogen and oxygen atoms in total. The zero-order valence-electron chi connectivity index (χ0n) is 28.6. The third-order valence-corrected chi connectivity index (χ3v) is 12.8. The lowest BCUT2D eigenvalue weighted by atomic mass is 9.74. The van der Waals surface area contributed by atoms with Gasteiger partial charge in [0.1, 0.15) is 34.6 Å². The lowest BCUT2D eigenvalue weighted by Crippen LogP contribution is -2.52. The van der Waals surface area contributed by atoms with Crippen LogP contribution >= 0.6 is 21.6 Å². The number of ketones is 2. The van der Waals surface area contributed by atoms with Gasteiger partial charge in [-0.2, -0.15) is 0 Å². The second kappa shape index (κ2) is 14.6. The minimum absolute atomic E-state index is 0.0000363. The number of hydrogen-bond acceptors (Lipinski definition) is 14. The van der Waals surface area contributed by atoms with Crippen molar-refractivity contribution < 1.29 is 48.3 Å². The van der Waals surface area contributed by atoms with E-state index in [1.54, 1.807) is 29.1 Å². The van der Waals surface area contributed by atoms with Crippen LogP contribution in [-0.2, 0) is 30.2 Å². The maximum atomic E-state index is 14.1. The van der Waals surface area contributed by atoms with Gasteiger partial charge in [-0.05, 0) is 48.8 Å². The number of nitrogens with one attached hydrogen (secondary N) is 1. The van der Waals surface area contributed by atoms with Crippen LogP contribution in [0, 0.1) is 5.92 Å². The predicted octanol–water partition coefficient (Wildman–Crippen LogP) is 4.01. The Morgan fingerprint density at radius 3 is 2.71 bits per heavy atom. The molecule has 0 spiro atoms. The Hall–Kier alpha value is -3.70. The Morgan fingerprint density at radius 2 is 1.90 bits per heavy atom. The van der Waals surface area contributed by atoms with Gasteiger partial charge >= 0.3 is 0 Å². The number of benzene rings is 2. The standard InChI is InChI=1S/C37H39N3O10S2/c1-18-36-22(40-11-12-47-17-26(40)50-36)16-27(48-18)49-24-15-19(37(45)39-10-13-51-52-25-8-3-4-9-38-25)14-21-29(24)35(44)31-30(33(21)42)32(41)20-6-5-7-23(46-2)28(20)34(31)43/h3-9,18-19,22,24,26-27,36,42,44H,10-17H2,1-2H3,(H,39,45)/t18-,19+,22-,24-,26+,27-,36+/m0/s1. The number of carbonyl (C=O) groups is 3. The van der Waals surface area contributed by atoms with Gasteiger partial charge < -0.3 is 39.2 Å². The Morgan fingerprint density at radius 1 is 1.06 bits per heavy atom. The van der Waals surface area contributed by atoms with Crippen LogP contribution in [0.25, 0.3) is 0 Å². The molecule has 5 aliphatic rings. The van der Waals surface area contributed by atoms with Crippen molar-refractivity contribution in [3.8, 4) is 17.2 Å². The van der Waals surface area contributed by atoms with Gasteiger partial charge in [0.05, 0.1) is 49.2 Å². The van der Waals surface area contributed by atoms with E-state index >= 15 is 0 Å². The summed E-state index contributed by atoms with van der Waals surface area (Å²) in [7, 11) is 4.48. The van der Waals surface area contributed by atoms with Crippen LogP contribution in [0.15, 0.2) is 47.6 Å². The van der Waals surface area contributed by atoms with Gasteiger partial charge in [-0.15, -0.1) is 0 Å². The summed E-state index contributed by atoms with van der Waals surface area (Å²) in [5, 5.41) is 27.7. The summed E-state index contributed by atoms with van der Waals surface area (Å²) in [5.41, 5.74) is -0.165. The molecule has 3 aliphatic heterocycles. The van der Waals surface area contributed by atoms with Gasteiger partial charge in [-0.1, -0.05) is 29.0 Å². The molecule has 7 atom stereocenters. The summed E-state index contributed by atoms with van der Waals surface area (Å²) >= 11 is 0. The van der Waals surface area contributed by atoms with Crippen molar-refractivity contribution in [2.24, 2.45) is 5.92 Å². The molecular weight excluding hydrogens is 711 g/mol. The number of aromatic nitrogens is 1. The summed E-state index contributed by atoms with van der Waals surface area (Å²) in [5.74, 6) is -2.30. The largest absolute Gasteiger partial charge is 0.507 e. The van der Waals surface area contributed by atoms with Crippen molar-refractivity contribution in [3.05, 3.63) is 76.0 Å². The highest BCUT2D eigenvalue weighted by Crippen LogP contribution is 2.52. The van der Waals surface area contributed by atoms with E-state index in [9.17, 15) is 24.6 Å². The zero-order chi connectivity index (χ0) is 36.1. The van der Waals surface area contributed by atoms with Crippen LogP contribution in [0.3, 0.4) is 0 Å². The van der Waals surface area contributed by atoms with E-state index in [4.69, 9.17) is 23.7 Å². The molecule has 4 heterocycles. The predicted molar refractivity (Wildman–Crippen MR) is 190 cm³/mol. The number of pyridine rings is 1. The Labute approximate surface area is 308 Å². The molecule has 1 amide bonds. The summed E-state index contributed by atoms with van der Waals surface area (Å²) in [6.45, 7) is 4.09. The molecule has 3 N–H and O–H groups in total. The van der Waals surface area contributed by atoms with Crippen molar-refractivity contribution in [2.75, 3.05) is 39.2 Å². The monoisotopic (exact) mass is 749 g/mol. The van der Waals surface area contributed by atoms with Crippen LogP contribution in [0.1, 0.15) is 68.8 Å². The van der Waals surface area contributed by atoms with Crippen LogP contribution in [0.5, 0.6) is 17.2 Å². The molecule has 0 bridgehead atoms. The molecule has 3 aromatic rings. The highest BCUT2D eigenvalue weighted by Gasteiger charge is 2.51. The first-order valence-corrected chi connectivity index (χ1v) is 19.7. The fourth-order valence-corrected chi connectivity index (χ4v) is 9.93. The SMILES string of the molecule is COc1cccc2c1C(=O)c1c(O)c3c(c(O)c1C2=O)C[C@@H](C(=O)NCCSSc1ccccn1)C[C@@H]3O[C@H]1C[C@H]2[C@H](O[C@@H]3COCCN32)[C@H](C)O1. The van der Waals surface area contributed by atoms with E-state index in [1.807, 2.05) is 25.1 Å². The number of phenolic OH excluding ortho intramolecular Hbond substituents is 2. The summed E-state index contributed by atoms with van der Waals surface area (Å²) in [6.07, 6.45) is -0.0427. The summed E-state index contributed by atoms with van der Waals surface area (Å²) in [4.78, 5) is 48.3. The van der Waals surface area contributed by atoms with Crippen LogP contribution in [0.4, 0.5) is 0 Å². The number of carbonyl (C=O) groups excluding carboxylic acids is 3. The first-order chi connectivity index (χ1) is 25.2. The zero-order valence-corrected chi connectivity index (χ0v) is 30.2. The molecule has 0 saturated carbocycles. The lowest BCUT2D eigenvalue weighted by Gasteiger charge is -2.41. The minimum atomic E-state index is -0.955. The van der Waals surface area contributed by atoms with Gasteiger partial charge in [0.15, 0.2) is 12.1 Å². The van der Waals surface area contributed by atoms with Gasteiger partial charge in [0.25, 0.3) is 0 Å². The quantitative estimate of drug-likeness (QED) is 0.128. The molecule has 8 rings (SSSR count). The maximum absolute atomic E-state index is 14.1. The molecule has 0 radical (unpaired) electrons. The first kappa shape index (κ1) is 35.3. The van der Waals surface area contributed by atoms with E-state index in [-0.39, 0.29) is 82.4 Å². The van der Waals surface area contributed by atoms with Crippen molar-refractivity contribution in [3.63, 3.8) is 0 Å². The van der Waals surface area contributed by atoms with E-state index in [2.05, 4.69) is 15.2 Å². The molecule has 15 heteroatoms. The topological polar surface area (TPSA) is 166 Å². The number of methoxy groups -OCH3 is 1. The normalized spacial score (nSPS) is 27.9. The van der Waals surface area contributed by atoms with E-state index < -0.39 is 41.4 Å². The number of ether oxygens (including phenoxy) is 5. The molecule has 1 aromatic heterocycles. The van der Waals surface area contributed by atoms with Gasteiger partial charge in [0.2, 0.25) is 11.7 Å². The van der Waals surface area contributed by atoms with Crippen molar-refractivity contribution in [2.45, 2.75) is 68.1 Å². The molecule has 3 saturated heterocycles. The fourth-order valence-electron chi connectivity index (χ4n) is 8.15. The smallest absolute Gasteiger partial charge is 0.223 e. The highest BCUT2D eigenvalue weighted by molar-refractivity contribution is 8.76.